The lowest BCUT2D eigenvalue weighted by Crippen LogP contribution is -2.51. The van der Waals surface area contributed by atoms with Gasteiger partial charge in [0, 0.05) is 36.6 Å². The molecule has 16 heteroatoms. The topological polar surface area (TPSA) is 181 Å². The molecule has 0 atom stereocenters. The van der Waals surface area contributed by atoms with Gasteiger partial charge in [-0.1, -0.05) is 19.2 Å². The molecule has 3 rings (SSSR count). The normalized spacial score (nSPS) is 18.3. The van der Waals surface area contributed by atoms with Gasteiger partial charge in [-0.3, -0.25) is 13.7 Å². The van der Waals surface area contributed by atoms with Crippen molar-refractivity contribution in [3.8, 4) is 0 Å². The quantitative estimate of drug-likeness (QED) is 0.156. The highest BCUT2D eigenvalue weighted by Crippen LogP contribution is 2.38. The molecule has 0 amide bonds. The molecule has 1 aromatic rings. The maximum Gasteiger partial charge on any atom is 0.326 e. The van der Waals surface area contributed by atoms with Gasteiger partial charge in [0.25, 0.3) is 26.1 Å². The van der Waals surface area contributed by atoms with Gasteiger partial charge in [0.05, 0.1) is 5.75 Å². The highest BCUT2D eigenvalue weighted by Gasteiger charge is 2.40. The second-order valence-electron chi connectivity index (χ2n) is 9.81. The molecule has 0 aromatic heterocycles. The number of rotatable bonds is 11. The minimum absolute atomic E-state index is 0.0772. The number of hydrogen-bond acceptors (Lipinski definition) is 8. The molecule has 0 saturated heterocycles. The van der Waals surface area contributed by atoms with Crippen molar-refractivity contribution in [3.05, 3.63) is 52.8 Å². The van der Waals surface area contributed by atoms with Crippen molar-refractivity contribution >= 4 is 60.7 Å². The van der Waals surface area contributed by atoms with Crippen molar-refractivity contribution in [3.63, 3.8) is 0 Å². The van der Waals surface area contributed by atoms with Crippen molar-refractivity contribution in [2.24, 2.45) is 0 Å². The predicted octanol–water partition coefficient (Wildman–Crippen LogP) is 0.830. The Labute approximate surface area is 230 Å². The van der Waals surface area contributed by atoms with Crippen LogP contribution in [0.15, 0.2) is 47.2 Å². The Kier molecular flexibility index (Phi) is 9.01. The first-order valence-corrected chi connectivity index (χ1v) is 19.9. The lowest BCUT2D eigenvalue weighted by Gasteiger charge is -2.38. The Morgan fingerprint density at radius 1 is 0.949 bits per heavy atom. The van der Waals surface area contributed by atoms with Crippen molar-refractivity contribution < 1.29 is 43.5 Å². The summed E-state index contributed by atoms with van der Waals surface area (Å²) in [6.07, 6.45) is 5.41. The molecule has 0 radical (unpaired) electrons. The highest BCUT2D eigenvalue weighted by atomic mass is 32.2. The Morgan fingerprint density at radius 2 is 1.62 bits per heavy atom. The van der Waals surface area contributed by atoms with E-state index in [1.54, 1.807) is 26.0 Å². The van der Waals surface area contributed by atoms with Gasteiger partial charge >= 0.3 is 10.1 Å². The molecular weight excluding hydrogens is 587 g/mol. The standard InChI is InChI=1S/C23H33N3O9S3Si/c1-5-25(15-37(30,31)32)17-7-9-19-21(13-17)39(3,4)22-14-18(26(6-2)16-38(33,34)35)8-10-20(22)23(19)24-11-12-36(27,28)29/h7-10,13-14H,5-6,11-12,15-16H2,1-4H3,(H3,27,28,29,30,31,32,33,34,35)/p+1. The Balaban J connectivity index is 2.24. The summed E-state index contributed by atoms with van der Waals surface area (Å²) in [5.41, 5.74) is 3.35. The molecule has 1 heterocycles. The summed E-state index contributed by atoms with van der Waals surface area (Å²) in [5, 5.41) is 4.95. The SMILES string of the molecule is CCN(CS(=O)(=O)O)c1ccc2c(c1)[Si](C)(C)C1=C/C(=[N+](/CC)CS(=O)(=O)O)C=CC1=C2NCCS(=O)(=O)O. The fourth-order valence-electron chi connectivity index (χ4n) is 4.80. The van der Waals surface area contributed by atoms with Crippen LogP contribution in [0.25, 0.3) is 5.70 Å². The zero-order valence-electron chi connectivity index (χ0n) is 22.1. The van der Waals surface area contributed by atoms with E-state index in [1.165, 1.54) is 9.48 Å². The first-order valence-electron chi connectivity index (χ1n) is 12.1. The molecule has 1 aliphatic heterocycles. The predicted molar refractivity (Wildman–Crippen MR) is 154 cm³/mol. The van der Waals surface area contributed by atoms with Crippen LogP contribution in [0.3, 0.4) is 0 Å². The lowest BCUT2D eigenvalue weighted by atomic mass is 9.99. The first kappa shape index (κ1) is 31.2. The van der Waals surface area contributed by atoms with Gasteiger partial charge in [-0.2, -0.15) is 25.3 Å². The average Bonchev–Trinajstić information content (AvgIpc) is 2.81. The van der Waals surface area contributed by atoms with Crippen LogP contribution in [-0.2, 0) is 30.4 Å². The van der Waals surface area contributed by atoms with Gasteiger partial charge in [-0.05, 0) is 53.6 Å². The fourth-order valence-corrected chi connectivity index (χ4v) is 9.69. The number of benzene rings is 1. The molecule has 1 aliphatic carbocycles. The molecular formula is C23H34N3O9S3Si+. The zero-order valence-corrected chi connectivity index (χ0v) is 25.6. The van der Waals surface area contributed by atoms with Gasteiger partial charge in [0.15, 0.2) is 0 Å². The fraction of sp³-hybridized carbons (Fsp3) is 0.435. The monoisotopic (exact) mass is 620 g/mol. The van der Waals surface area contributed by atoms with Gasteiger partial charge < -0.3 is 10.2 Å². The second-order valence-corrected chi connectivity index (χ2v) is 18.6. The molecule has 4 N–H and O–H groups in total. The highest BCUT2D eigenvalue weighted by molar-refractivity contribution is 7.86. The van der Waals surface area contributed by atoms with E-state index in [4.69, 9.17) is 0 Å². The molecule has 0 unspecified atom stereocenters. The summed E-state index contributed by atoms with van der Waals surface area (Å²) in [6.45, 7) is 8.25. The molecule has 39 heavy (non-hydrogen) atoms. The van der Waals surface area contributed by atoms with E-state index in [9.17, 15) is 38.9 Å². The third-order valence-corrected chi connectivity index (χ3v) is 12.2. The van der Waals surface area contributed by atoms with Crippen molar-refractivity contribution in [2.75, 3.05) is 42.0 Å². The number of nitrogens with one attached hydrogen (secondary N) is 1. The molecule has 216 valence electrons. The number of nitrogens with zero attached hydrogens (tertiary/aromatic N) is 2. The number of allylic oxidation sites excluding steroid dienone is 5. The van der Waals surface area contributed by atoms with Gasteiger partial charge in [0.2, 0.25) is 5.71 Å². The third kappa shape index (κ3) is 7.65. The molecule has 0 bridgehead atoms. The number of fused-ring (bicyclic) bond motifs is 2. The Hall–Kier alpha value is -2.34. The maximum atomic E-state index is 11.6. The van der Waals surface area contributed by atoms with Crippen LogP contribution in [0.1, 0.15) is 19.4 Å². The largest absolute Gasteiger partial charge is 0.383 e. The summed E-state index contributed by atoms with van der Waals surface area (Å²) in [5.74, 6) is -1.70. The van der Waals surface area contributed by atoms with Crippen LogP contribution in [0.5, 0.6) is 0 Å². The van der Waals surface area contributed by atoms with E-state index < -0.39 is 55.9 Å². The summed E-state index contributed by atoms with van der Waals surface area (Å²) in [6, 6.07) is 5.41. The molecule has 12 nitrogen and oxygen atoms in total. The first-order chi connectivity index (χ1) is 17.9. The number of hydrogen-bond donors (Lipinski definition) is 4. The lowest BCUT2D eigenvalue weighted by molar-refractivity contribution is -0.504. The summed E-state index contributed by atoms with van der Waals surface area (Å²) in [7, 11) is -15.4. The third-order valence-electron chi connectivity index (χ3n) is 6.69. The molecule has 1 aromatic carbocycles. The van der Waals surface area contributed by atoms with Gasteiger partial charge in [0.1, 0.15) is 20.5 Å². The summed E-state index contributed by atoms with van der Waals surface area (Å²) < 4.78 is 98.8. The molecule has 2 aliphatic rings. The van der Waals surface area contributed by atoms with E-state index >= 15 is 0 Å². The van der Waals surface area contributed by atoms with E-state index in [1.807, 2.05) is 24.3 Å². The minimum Gasteiger partial charge on any atom is -0.383 e. The summed E-state index contributed by atoms with van der Waals surface area (Å²) in [4.78, 5) is 1.52. The Morgan fingerprint density at radius 3 is 2.15 bits per heavy atom. The second kappa shape index (κ2) is 11.3. The van der Waals surface area contributed by atoms with Gasteiger partial charge in [-0.15, -0.1) is 0 Å². The van der Waals surface area contributed by atoms with Crippen LogP contribution < -0.4 is 15.4 Å². The van der Waals surface area contributed by atoms with Crippen LogP contribution in [0, 0.1) is 0 Å². The Bertz CT molecular complexity index is 1610. The van der Waals surface area contributed by atoms with Crippen molar-refractivity contribution in [1.29, 1.82) is 0 Å². The zero-order chi connectivity index (χ0) is 29.4. The average molecular weight is 621 g/mol. The molecule has 0 saturated carbocycles. The molecule has 0 spiro atoms. The minimum atomic E-state index is -4.29. The van der Waals surface area contributed by atoms with Crippen LogP contribution in [-0.4, -0.2) is 94.4 Å². The van der Waals surface area contributed by atoms with Crippen molar-refractivity contribution in [2.45, 2.75) is 26.9 Å². The summed E-state index contributed by atoms with van der Waals surface area (Å²) >= 11 is 0. The smallest absolute Gasteiger partial charge is 0.326 e. The van der Waals surface area contributed by atoms with Gasteiger partial charge in [-0.25, -0.2) is 4.58 Å². The van der Waals surface area contributed by atoms with E-state index in [2.05, 4.69) is 18.4 Å². The van der Waals surface area contributed by atoms with Crippen LogP contribution >= 0.6 is 0 Å². The van der Waals surface area contributed by atoms with E-state index in [0.717, 1.165) is 21.5 Å². The van der Waals surface area contributed by atoms with Crippen LogP contribution in [0.2, 0.25) is 13.1 Å². The number of anilines is 1. The van der Waals surface area contributed by atoms with E-state index in [-0.39, 0.29) is 6.54 Å². The van der Waals surface area contributed by atoms with Crippen LogP contribution in [0.4, 0.5) is 5.69 Å². The molecule has 0 fully saturated rings. The van der Waals surface area contributed by atoms with Crippen molar-refractivity contribution in [1.82, 2.24) is 5.32 Å². The maximum absolute atomic E-state index is 11.6. The van der Waals surface area contributed by atoms with E-state index in [0.29, 0.717) is 30.2 Å².